The van der Waals surface area contributed by atoms with E-state index in [1.807, 2.05) is 19.1 Å². The Balaban J connectivity index is 2.60. The first kappa shape index (κ1) is 12.6. The van der Waals surface area contributed by atoms with Crippen LogP contribution in [0.3, 0.4) is 0 Å². The minimum atomic E-state index is 0.407. The standard InChI is InChI=1S/C14H18N2O2/c1-4-10-5-6-13(17-3)11(7-10)14-12(8-15)9(2)16-18-14/h5-7H,4,8,15H2,1-3H3. The van der Waals surface area contributed by atoms with E-state index in [1.54, 1.807) is 7.11 Å². The van der Waals surface area contributed by atoms with E-state index in [0.29, 0.717) is 12.3 Å². The summed E-state index contributed by atoms with van der Waals surface area (Å²) >= 11 is 0. The zero-order valence-electron chi connectivity index (χ0n) is 11.0. The molecule has 0 aliphatic heterocycles. The van der Waals surface area contributed by atoms with E-state index < -0.39 is 0 Å². The van der Waals surface area contributed by atoms with Crippen molar-refractivity contribution in [3.63, 3.8) is 0 Å². The van der Waals surface area contributed by atoms with Crippen LogP contribution in [0.4, 0.5) is 0 Å². The summed E-state index contributed by atoms with van der Waals surface area (Å²) in [5.41, 5.74) is 9.66. The van der Waals surface area contributed by atoms with Gasteiger partial charge < -0.3 is 15.0 Å². The van der Waals surface area contributed by atoms with Crippen molar-refractivity contribution in [2.24, 2.45) is 5.73 Å². The van der Waals surface area contributed by atoms with Gasteiger partial charge >= 0.3 is 0 Å². The fraction of sp³-hybridized carbons (Fsp3) is 0.357. The van der Waals surface area contributed by atoms with Crippen LogP contribution in [0.25, 0.3) is 11.3 Å². The van der Waals surface area contributed by atoms with Crippen LogP contribution in [0.1, 0.15) is 23.7 Å². The lowest BCUT2D eigenvalue weighted by molar-refractivity contribution is 0.404. The summed E-state index contributed by atoms with van der Waals surface area (Å²) in [5.74, 6) is 1.49. The van der Waals surface area contributed by atoms with Crippen LogP contribution in [0.5, 0.6) is 5.75 Å². The average Bonchev–Trinajstić information content (AvgIpc) is 2.78. The molecule has 2 rings (SSSR count). The van der Waals surface area contributed by atoms with Gasteiger partial charge in [0.25, 0.3) is 0 Å². The molecule has 0 amide bonds. The van der Waals surface area contributed by atoms with Crippen molar-refractivity contribution in [3.8, 4) is 17.1 Å². The Kier molecular flexibility index (Phi) is 3.67. The molecule has 0 saturated heterocycles. The van der Waals surface area contributed by atoms with E-state index in [1.165, 1.54) is 5.56 Å². The molecule has 0 aliphatic carbocycles. The Labute approximate surface area is 107 Å². The number of methoxy groups -OCH3 is 1. The van der Waals surface area contributed by atoms with Crippen LogP contribution in [-0.4, -0.2) is 12.3 Å². The van der Waals surface area contributed by atoms with Gasteiger partial charge in [0.2, 0.25) is 0 Å². The molecule has 0 aliphatic rings. The summed E-state index contributed by atoms with van der Waals surface area (Å²) in [6, 6.07) is 6.07. The summed E-state index contributed by atoms with van der Waals surface area (Å²) in [6.45, 7) is 4.41. The summed E-state index contributed by atoms with van der Waals surface area (Å²) in [4.78, 5) is 0. The zero-order chi connectivity index (χ0) is 13.1. The molecule has 0 spiro atoms. The normalized spacial score (nSPS) is 10.7. The van der Waals surface area contributed by atoms with Crippen LogP contribution < -0.4 is 10.5 Å². The Morgan fingerprint density at radius 3 is 2.78 bits per heavy atom. The molecule has 0 fully saturated rings. The molecule has 1 aromatic carbocycles. The summed E-state index contributed by atoms with van der Waals surface area (Å²) in [6.07, 6.45) is 0.960. The number of nitrogens with zero attached hydrogens (tertiary/aromatic N) is 1. The molecule has 1 aromatic heterocycles. The molecule has 96 valence electrons. The van der Waals surface area contributed by atoms with Crippen molar-refractivity contribution in [1.29, 1.82) is 0 Å². The lowest BCUT2D eigenvalue weighted by Gasteiger charge is -2.09. The third-order valence-electron chi connectivity index (χ3n) is 3.11. The van der Waals surface area contributed by atoms with E-state index in [-0.39, 0.29) is 0 Å². The van der Waals surface area contributed by atoms with E-state index in [4.69, 9.17) is 15.0 Å². The lowest BCUT2D eigenvalue weighted by Crippen LogP contribution is -1.99. The maximum atomic E-state index is 5.75. The molecule has 0 bridgehead atoms. The van der Waals surface area contributed by atoms with Crippen molar-refractivity contribution >= 4 is 0 Å². The molecule has 18 heavy (non-hydrogen) atoms. The molecule has 4 heteroatoms. The number of nitrogens with two attached hydrogens (primary N) is 1. The van der Waals surface area contributed by atoms with Crippen LogP contribution in [0.15, 0.2) is 22.7 Å². The Bertz CT molecular complexity index is 547. The van der Waals surface area contributed by atoms with Crippen LogP contribution in [0, 0.1) is 6.92 Å². The van der Waals surface area contributed by atoms with E-state index in [9.17, 15) is 0 Å². The highest BCUT2D eigenvalue weighted by Crippen LogP contribution is 2.34. The summed E-state index contributed by atoms with van der Waals surface area (Å²) in [5, 5.41) is 3.98. The number of rotatable bonds is 4. The van der Waals surface area contributed by atoms with Gasteiger partial charge in [-0.05, 0) is 31.0 Å². The number of hydrogen-bond acceptors (Lipinski definition) is 4. The number of aromatic nitrogens is 1. The molecule has 0 unspecified atom stereocenters. The van der Waals surface area contributed by atoms with Gasteiger partial charge in [0.15, 0.2) is 5.76 Å². The molecule has 0 saturated carbocycles. The average molecular weight is 246 g/mol. The van der Waals surface area contributed by atoms with Gasteiger partial charge in [-0.3, -0.25) is 0 Å². The van der Waals surface area contributed by atoms with Gasteiger partial charge in [-0.15, -0.1) is 0 Å². The quantitative estimate of drug-likeness (QED) is 0.901. The van der Waals surface area contributed by atoms with Gasteiger partial charge in [-0.1, -0.05) is 18.1 Å². The molecule has 1 heterocycles. The third-order valence-corrected chi connectivity index (χ3v) is 3.11. The zero-order valence-corrected chi connectivity index (χ0v) is 11.0. The first-order chi connectivity index (χ1) is 8.71. The number of benzene rings is 1. The van der Waals surface area contributed by atoms with Crippen LogP contribution >= 0.6 is 0 Å². The fourth-order valence-electron chi connectivity index (χ4n) is 1.99. The van der Waals surface area contributed by atoms with Gasteiger partial charge in [-0.25, -0.2) is 0 Å². The predicted molar refractivity (Wildman–Crippen MR) is 70.5 cm³/mol. The van der Waals surface area contributed by atoms with Crippen molar-refractivity contribution in [3.05, 3.63) is 35.0 Å². The fourth-order valence-corrected chi connectivity index (χ4v) is 1.99. The highest BCUT2D eigenvalue weighted by Gasteiger charge is 2.17. The topological polar surface area (TPSA) is 61.3 Å². The molecule has 4 nitrogen and oxygen atoms in total. The highest BCUT2D eigenvalue weighted by molar-refractivity contribution is 5.70. The second kappa shape index (κ2) is 5.23. The summed E-state index contributed by atoms with van der Waals surface area (Å²) < 4.78 is 10.8. The van der Waals surface area contributed by atoms with E-state index in [0.717, 1.165) is 29.0 Å². The number of ether oxygens (including phenoxy) is 1. The van der Waals surface area contributed by atoms with Crippen molar-refractivity contribution < 1.29 is 9.26 Å². The number of aryl methyl sites for hydroxylation is 2. The highest BCUT2D eigenvalue weighted by atomic mass is 16.5. The van der Waals surface area contributed by atoms with Gasteiger partial charge in [-0.2, -0.15) is 0 Å². The van der Waals surface area contributed by atoms with Crippen molar-refractivity contribution in [2.75, 3.05) is 7.11 Å². The lowest BCUT2D eigenvalue weighted by atomic mass is 10.0. The second-order valence-electron chi connectivity index (χ2n) is 4.17. The minimum absolute atomic E-state index is 0.407. The SMILES string of the molecule is CCc1ccc(OC)c(-c2onc(C)c2CN)c1. The van der Waals surface area contributed by atoms with Crippen LogP contribution in [0.2, 0.25) is 0 Å². The Hall–Kier alpha value is -1.81. The first-order valence-electron chi connectivity index (χ1n) is 6.03. The van der Waals surface area contributed by atoms with Crippen molar-refractivity contribution in [1.82, 2.24) is 5.16 Å². The molecular weight excluding hydrogens is 228 g/mol. The predicted octanol–water partition coefficient (Wildman–Crippen LogP) is 2.68. The molecule has 2 N–H and O–H groups in total. The van der Waals surface area contributed by atoms with Gasteiger partial charge in [0.1, 0.15) is 5.75 Å². The van der Waals surface area contributed by atoms with Gasteiger partial charge in [0.05, 0.1) is 18.4 Å². The largest absolute Gasteiger partial charge is 0.496 e. The molecule has 0 radical (unpaired) electrons. The molecule has 2 aromatic rings. The van der Waals surface area contributed by atoms with Crippen molar-refractivity contribution in [2.45, 2.75) is 26.8 Å². The second-order valence-corrected chi connectivity index (χ2v) is 4.17. The monoisotopic (exact) mass is 246 g/mol. The minimum Gasteiger partial charge on any atom is -0.496 e. The third kappa shape index (κ3) is 2.11. The molecule has 0 atom stereocenters. The Morgan fingerprint density at radius 2 is 2.17 bits per heavy atom. The Morgan fingerprint density at radius 1 is 1.39 bits per heavy atom. The van der Waals surface area contributed by atoms with Crippen LogP contribution in [-0.2, 0) is 13.0 Å². The van der Waals surface area contributed by atoms with E-state index >= 15 is 0 Å². The maximum absolute atomic E-state index is 5.75. The summed E-state index contributed by atoms with van der Waals surface area (Å²) in [7, 11) is 1.65. The number of hydrogen-bond donors (Lipinski definition) is 1. The molecular formula is C14H18N2O2. The smallest absolute Gasteiger partial charge is 0.175 e. The van der Waals surface area contributed by atoms with E-state index in [2.05, 4.69) is 18.1 Å². The first-order valence-corrected chi connectivity index (χ1v) is 6.03. The maximum Gasteiger partial charge on any atom is 0.175 e. The van der Waals surface area contributed by atoms with Gasteiger partial charge in [0, 0.05) is 12.1 Å².